The summed E-state index contributed by atoms with van der Waals surface area (Å²) in [5.74, 6) is 0.794. The average Bonchev–Trinajstić information content (AvgIpc) is 3.10. The van der Waals surface area contributed by atoms with Crippen LogP contribution in [0.2, 0.25) is 0 Å². The molecule has 3 rings (SSSR count). The zero-order valence-electron chi connectivity index (χ0n) is 12.2. The van der Waals surface area contributed by atoms with Crippen LogP contribution in [0.5, 0.6) is 5.75 Å². The molecule has 2 atom stereocenters. The molecule has 1 aromatic carbocycles. The van der Waals surface area contributed by atoms with Crippen LogP contribution in [0.1, 0.15) is 17.5 Å². The molecule has 122 valence electrons. The third-order valence-electron chi connectivity index (χ3n) is 4.28. The number of hydrogen-bond acceptors (Lipinski definition) is 4. The van der Waals surface area contributed by atoms with Gasteiger partial charge in [-0.1, -0.05) is 12.1 Å². The van der Waals surface area contributed by atoms with E-state index in [4.69, 9.17) is 4.74 Å². The lowest BCUT2D eigenvalue weighted by atomic mass is 10.1. The maximum absolute atomic E-state index is 13.4. The molecule has 0 aliphatic carbocycles. The van der Waals surface area contributed by atoms with Crippen LogP contribution in [0.25, 0.3) is 0 Å². The summed E-state index contributed by atoms with van der Waals surface area (Å²) in [6, 6.07) is 5.08. The molecule has 2 aliphatic rings. The molecular formula is C15H20FNO4S. The fourth-order valence-electron chi connectivity index (χ4n) is 3.10. The first-order valence-electron chi connectivity index (χ1n) is 7.48. The van der Waals surface area contributed by atoms with Crippen molar-refractivity contribution in [3.05, 3.63) is 29.3 Å². The zero-order chi connectivity index (χ0) is 15.7. The Balaban J connectivity index is 1.67. The highest BCUT2D eigenvalue weighted by molar-refractivity contribution is 7.89. The number of hydrogen-bond donors (Lipinski definition) is 1. The summed E-state index contributed by atoms with van der Waals surface area (Å²) in [4.78, 5) is 0. The van der Waals surface area contributed by atoms with Crippen LogP contribution >= 0.6 is 0 Å². The molecule has 0 amide bonds. The van der Waals surface area contributed by atoms with Crippen molar-refractivity contribution in [2.75, 3.05) is 25.5 Å². The largest absolute Gasteiger partial charge is 0.493 e. The minimum atomic E-state index is -3.56. The molecule has 0 saturated carbocycles. The van der Waals surface area contributed by atoms with Gasteiger partial charge in [-0.2, -0.15) is 4.31 Å². The Morgan fingerprint density at radius 3 is 3.00 bits per heavy atom. The Labute approximate surface area is 129 Å². The topological polar surface area (TPSA) is 66.8 Å². The number of aliphatic hydroxyl groups excluding tert-OH is 1. The third kappa shape index (κ3) is 3.11. The van der Waals surface area contributed by atoms with Gasteiger partial charge >= 0.3 is 0 Å². The van der Waals surface area contributed by atoms with Crippen molar-refractivity contribution in [1.82, 2.24) is 4.31 Å². The van der Waals surface area contributed by atoms with Crippen LogP contribution < -0.4 is 4.74 Å². The fraction of sp³-hybridized carbons (Fsp3) is 0.600. The normalized spacial score (nSPS) is 25.2. The molecule has 0 aromatic heterocycles. The van der Waals surface area contributed by atoms with Gasteiger partial charge in [-0.05, 0) is 30.0 Å². The third-order valence-corrected chi connectivity index (χ3v) is 6.17. The van der Waals surface area contributed by atoms with Crippen molar-refractivity contribution < 1.29 is 22.7 Å². The summed E-state index contributed by atoms with van der Waals surface area (Å²) < 4.78 is 44.7. The Kier molecular flexibility index (Phi) is 4.38. The summed E-state index contributed by atoms with van der Waals surface area (Å²) in [6.07, 6.45) is 0.106. The van der Waals surface area contributed by atoms with E-state index in [0.29, 0.717) is 13.0 Å². The second-order valence-electron chi connectivity index (χ2n) is 5.85. The van der Waals surface area contributed by atoms with Crippen LogP contribution in [-0.2, 0) is 22.9 Å². The van der Waals surface area contributed by atoms with Crippen molar-refractivity contribution in [2.45, 2.75) is 31.5 Å². The minimum Gasteiger partial charge on any atom is -0.493 e. The molecule has 1 saturated heterocycles. The van der Waals surface area contributed by atoms with Crippen LogP contribution in [0.15, 0.2) is 18.2 Å². The number of halogens is 1. The average molecular weight is 329 g/mol. The van der Waals surface area contributed by atoms with E-state index in [2.05, 4.69) is 0 Å². The van der Waals surface area contributed by atoms with Crippen LogP contribution in [-0.4, -0.2) is 55.6 Å². The number of ether oxygens (including phenoxy) is 1. The number of sulfonamides is 1. The van der Waals surface area contributed by atoms with Gasteiger partial charge in [-0.3, -0.25) is 0 Å². The van der Waals surface area contributed by atoms with Crippen LogP contribution in [0, 0.1) is 0 Å². The molecule has 2 heterocycles. The predicted octanol–water partition coefficient (Wildman–Crippen LogP) is 0.899. The fourth-order valence-corrected chi connectivity index (χ4v) is 4.82. The SMILES string of the molecule is O=S(=O)(CCc1ccc2c(c1)CCO2)N1C[C@@H](F)C[C@H]1CO. The smallest absolute Gasteiger partial charge is 0.214 e. The van der Waals surface area contributed by atoms with E-state index in [1.165, 1.54) is 0 Å². The lowest BCUT2D eigenvalue weighted by molar-refractivity contribution is 0.213. The van der Waals surface area contributed by atoms with Crippen molar-refractivity contribution in [3.63, 3.8) is 0 Å². The standard InChI is InChI=1S/C15H20FNO4S/c16-13-8-14(10-18)17(9-13)22(19,20)6-4-11-1-2-15-12(7-11)3-5-21-15/h1-2,7,13-14,18H,3-6,8-10H2/t13-,14-/m0/s1. The summed E-state index contributed by atoms with van der Waals surface area (Å²) in [7, 11) is -3.56. The molecule has 2 aliphatic heterocycles. The van der Waals surface area contributed by atoms with Crippen molar-refractivity contribution in [2.24, 2.45) is 0 Å². The van der Waals surface area contributed by atoms with Crippen molar-refractivity contribution in [3.8, 4) is 5.75 Å². The highest BCUT2D eigenvalue weighted by Crippen LogP contribution is 2.27. The van der Waals surface area contributed by atoms with Gasteiger partial charge in [0, 0.05) is 13.0 Å². The molecule has 0 unspecified atom stereocenters. The zero-order valence-corrected chi connectivity index (χ0v) is 13.1. The summed E-state index contributed by atoms with van der Waals surface area (Å²) in [5, 5.41) is 9.22. The van der Waals surface area contributed by atoms with Crippen molar-refractivity contribution in [1.29, 1.82) is 0 Å². The molecule has 1 aromatic rings. The Bertz CT molecular complexity index is 649. The number of benzene rings is 1. The van der Waals surface area contributed by atoms with E-state index in [9.17, 15) is 17.9 Å². The summed E-state index contributed by atoms with van der Waals surface area (Å²) in [6.45, 7) is 0.183. The summed E-state index contributed by atoms with van der Waals surface area (Å²) >= 11 is 0. The van der Waals surface area contributed by atoms with Gasteiger partial charge in [0.2, 0.25) is 10.0 Å². The number of aliphatic hydroxyl groups is 1. The Morgan fingerprint density at radius 1 is 1.41 bits per heavy atom. The van der Waals surface area contributed by atoms with E-state index in [0.717, 1.165) is 27.6 Å². The van der Waals surface area contributed by atoms with Gasteiger partial charge in [0.15, 0.2) is 0 Å². The van der Waals surface area contributed by atoms with Gasteiger partial charge in [0.25, 0.3) is 0 Å². The lowest BCUT2D eigenvalue weighted by Gasteiger charge is -2.22. The first-order chi connectivity index (χ1) is 10.5. The molecule has 0 radical (unpaired) electrons. The highest BCUT2D eigenvalue weighted by atomic mass is 32.2. The second kappa shape index (κ2) is 6.14. The van der Waals surface area contributed by atoms with E-state index in [1.54, 1.807) is 0 Å². The highest BCUT2D eigenvalue weighted by Gasteiger charge is 2.38. The number of alkyl halides is 1. The van der Waals surface area contributed by atoms with E-state index < -0.39 is 22.2 Å². The first kappa shape index (κ1) is 15.7. The molecule has 1 fully saturated rings. The van der Waals surface area contributed by atoms with Gasteiger partial charge in [-0.15, -0.1) is 0 Å². The maximum Gasteiger partial charge on any atom is 0.214 e. The van der Waals surface area contributed by atoms with E-state index in [1.807, 2.05) is 18.2 Å². The maximum atomic E-state index is 13.4. The second-order valence-corrected chi connectivity index (χ2v) is 7.89. The molecule has 0 spiro atoms. The number of aryl methyl sites for hydroxylation is 1. The lowest BCUT2D eigenvalue weighted by Crippen LogP contribution is -2.39. The first-order valence-corrected chi connectivity index (χ1v) is 9.09. The number of fused-ring (bicyclic) bond motifs is 1. The molecular weight excluding hydrogens is 309 g/mol. The van der Waals surface area contributed by atoms with Gasteiger partial charge < -0.3 is 9.84 Å². The van der Waals surface area contributed by atoms with Crippen LogP contribution in [0.3, 0.4) is 0 Å². The van der Waals surface area contributed by atoms with Gasteiger partial charge in [0.1, 0.15) is 11.9 Å². The monoisotopic (exact) mass is 329 g/mol. The van der Waals surface area contributed by atoms with E-state index >= 15 is 0 Å². The molecule has 0 bridgehead atoms. The molecule has 1 N–H and O–H groups in total. The van der Waals surface area contributed by atoms with Crippen LogP contribution in [0.4, 0.5) is 4.39 Å². The quantitative estimate of drug-likeness (QED) is 0.871. The molecule has 7 heteroatoms. The van der Waals surface area contributed by atoms with Gasteiger partial charge in [0.05, 0.1) is 25.0 Å². The Hall–Kier alpha value is -1.18. The summed E-state index contributed by atoms with van der Waals surface area (Å²) in [5.41, 5.74) is 2.04. The minimum absolute atomic E-state index is 0.0735. The molecule has 5 nitrogen and oxygen atoms in total. The Morgan fingerprint density at radius 2 is 2.23 bits per heavy atom. The van der Waals surface area contributed by atoms with Crippen molar-refractivity contribution >= 4 is 10.0 Å². The van der Waals surface area contributed by atoms with Gasteiger partial charge in [-0.25, -0.2) is 12.8 Å². The number of nitrogens with zero attached hydrogens (tertiary/aromatic N) is 1. The van der Waals surface area contributed by atoms with E-state index in [-0.39, 0.29) is 25.3 Å². The number of rotatable bonds is 5. The molecule has 22 heavy (non-hydrogen) atoms. The predicted molar refractivity (Wildman–Crippen MR) is 80.2 cm³/mol.